The maximum absolute atomic E-state index is 12.5. The zero-order valence-corrected chi connectivity index (χ0v) is 14.9. The van der Waals surface area contributed by atoms with Gasteiger partial charge in [0, 0.05) is 57.1 Å². The molecule has 0 aromatic carbocycles. The molecule has 3 rings (SSSR count). The monoisotopic (exact) mass is 331 g/mol. The molecule has 2 aliphatic rings. The largest absolute Gasteiger partial charge is 0.354 e. The fraction of sp³-hybridized carbons (Fsp3) is 0.667. The van der Waals surface area contributed by atoms with E-state index < -0.39 is 0 Å². The van der Waals surface area contributed by atoms with Gasteiger partial charge >= 0.3 is 6.03 Å². The minimum Gasteiger partial charge on any atom is -0.354 e. The SMILES string of the molecule is CC1CCCCN1C(=O)NCc1cccnc1N1CCN(C)CC1. The van der Waals surface area contributed by atoms with E-state index in [0.29, 0.717) is 12.6 Å². The number of hydrogen-bond donors (Lipinski definition) is 1. The highest BCUT2D eigenvalue weighted by molar-refractivity contribution is 5.74. The number of likely N-dealkylation sites (tertiary alicyclic amines) is 1. The lowest BCUT2D eigenvalue weighted by Gasteiger charge is -2.35. The Hall–Kier alpha value is -1.82. The Balaban J connectivity index is 1.62. The number of amides is 2. The van der Waals surface area contributed by atoms with E-state index in [0.717, 1.165) is 56.9 Å². The second-order valence-corrected chi connectivity index (χ2v) is 6.97. The molecule has 0 spiro atoms. The number of likely N-dealkylation sites (N-methyl/N-ethyl adjacent to an activating group) is 1. The molecule has 6 nitrogen and oxygen atoms in total. The van der Waals surface area contributed by atoms with Gasteiger partial charge in [0.15, 0.2) is 0 Å². The van der Waals surface area contributed by atoms with Crippen LogP contribution in [-0.2, 0) is 6.54 Å². The van der Waals surface area contributed by atoms with Crippen molar-refractivity contribution in [3.8, 4) is 0 Å². The van der Waals surface area contributed by atoms with Gasteiger partial charge < -0.3 is 20.0 Å². The van der Waals surface area contributed by atoms with Crippen LogP contribution in [0.15, 0.2) is 18.3 Å². The first-order valence-corrected chi connectivity index (χ1v) is 9.07. The lowest BCUT2D eigenvalue weighted by atomic mass is 10.0. The van der Waals surface area contributed by atoms with Crippen LogP contribution in [-0.4, -0.2) is 66.6 Å². The molecular formula is C18H29N5O. The summed E-state index contributed by atoms with van der Waals surface area (Å²) < 4.78 is 0. The van der Waals surface area contributed by atoms with Crippen molar-refractivity contribution in [2.45, 2.75) is 38.8 Å². The van der Waals surface area contributed by atoms with E-state index in [4.69, 9.17) is 0 Å². The van der Waals surface area contributed by atoms with E-state index in [1.54, 1.807) is 0 Å². The number of piperidine rings is 1. The van der Waals surface area contributed by atoms with Crippen molar-refractivity contribution in [1.29, 1.82) is 0 Å². The van der Waals surface area contributed by atoms with Crippen LogP contribution < -0.4 is 10.2 Å². The fourth-order valence-corrected chi connectivity index (χ4v) is 3.54. The number of nitrogens with zero attached hydrogens (tertiary/aromatic N) is 4. The van der Waals surface area contributed by atoms with Crippen LogP contribution in [0, 0.1) is 0 Å². The van der Waals surface area contributed by atoms with Crippen LogP contribution in [0.25, 0.3) is 0 Å². The number of hydrogen-bond acceptors (Lipinski definition) is 4. The average Bonchev–Trinajstić information content (AvgIpc) is 2.61. The molecule has 1 unspecified atom stereocenters. The van der Waals surface area contributed by atoms with Gasteiger partial charge in [-0.2, -0.15) is 0 Å². The summed E-state index contributed by atoms with van der Waals surface area (Å²) >= 11 is 0. The maximum Gasteiger partial charge on any atom is 0.317 e. The molecule has 24 heavy (non-hydrogen) atoms. The van der Waals surface area contributed by atoms with Crippen molar-refractivity contribution in [2.75, 3.05) is 44.7 Å². The number of carbonyl (C=O) groups is 1. The Morgan fingerprint density at radius 2 is 2.04 bits per heavy atom. The van der Waals surface area contributed by atoms with Crippen LogP contribution in [0.1, 0.15) is 31.7 Å². The zero-order valence-electron chi connectivity index (χ0n) is 14.9. The summed E-state index contributed by atoms with van der Waals surface area (Å²) in [5.74, 6) is 1.01. The molecule has 1 aromatic heterocycles. The molecule has 132 valence electrons. The van der Waals surface area contributed by atoms with Gasteiger partial charge in [0.25, 0.3) is 0 Å². The van der Waals surface area contributed by atoms with E-state index in [1.807, 2.05) is 17.2 Å². The lowest BCUT2D eigenvalue weighted by molar-refractivity contribution is 0.158. The minimum atomic E-state index is 0.0513. The van der Waals surface area contributed by atoms with E-state index in [-0.39, 0.29) is 6.03 Å². The molecule has 1 N–H and O–H groups in total. The standard InChI is InChI=1S/C18H29N5O/c1-15-6-3-4-9-23(15)18(24)20-14-16-7-5-8-19-17(16)22-12-10-21(2)11-13-22/h5,7-8,15H,3-4,6,9-14H2,1-2H3,(H,20,24). The summed E-state index contributed by atoms with van der Waals surface area (Å²) in [5, 5.41) is 3.10. The van der Waals surface area contributed by atoms with Gasteiger partial charge in [0.1, 0.15) is 5.82 Å². The number of piperazine rings is 1. The first-order valence-electron chi connectivity index (χ1n) is 9.07. The lowest BCUT2D eigenvalue weighted by Crippen LogP contribution is -2.47. The number of urea groups is 1. The third-order valence-electron chi connectivity index (χ3n) is 5.16. The average molecular weight is 331 g/mol. The summed E-state index contributed by atoms with van der Waals surface area (Å²) in [6.07, 6.45) is 5.27. The number of rotatable bonds is 3. The molecule has 2 saturated heterocycles. The van der Waals surface area contributed by atoms with Crippen LogP contribution in [0.3, 0.4) is 0 Å². The summed E-state index contributed by atoms with van der Waals surface area (Å²) in [4.78, 5) is 23.7. The molecular weight excluding hydrogens is 302 g/mol. The van der Waals surface area contributed by atoms with Gasteiger partial charge in [-0.25, -0.2) is 9.78 Å². The predicted octanol–water partition coefficient (Wildman–Crippen LogP) is 1.92. The Labute approximate surface area is 144 Å². The Morgan fingerprint density at radius 3 is 2.79 bits per heavy atom. The fourth-order valence-electron chi connectivity index (χ4n) is 3.54. The topological polar surface area (TPSA) is 51.7 Å². The van der Waals surface area contributed by atoms with Crippen molar-refractivity contribution in [3.63, 3.8) is 0 Å². The maximum atomic E-state index is 12.5. The van der Waals surface area contributed by atoms with Crippen molar-refractivity contribution < 1.29 is 4.79 Å². The summed E-state index contributed by atoms with van der Waals surface area (Å²) in [5.41, 5.74) is 1.10. The Morgan fingerprint density at radius 1 is 1.25 bits per heavy atom. The highest BCUT2D eigenvalue weighted by Gasteiger charge is 2.23. The van der Waals surface area contributed by atoms with Crippen LogP contribution in [0.5, 0.6) is 0 Å². The Kier molecular flexibility index (Phi) is 5.56. The van der Waals surface area contributed by atoms with Crippen LogP contribution >= 0.6 is 0 Å². The Bertz CT molecular complexity index is 556. The number of anilines is 1. The van der Waals surface area contributed by atoms with Gasteiger partial charge in [-0.1, -0.05) is 6.07 Å². The highest BCUT2D eigenvalue weighted by Crippen LogP contribution is 2.20. The van der Waals surface area contributed by atoms with E-state index in [2.05, 4.69) is 40.1 Å². The quantitative estimate of drug-likeness (QED) is 0.919. The minimum absolute atomic E-state index is 0.0513. The molecule has 2 fully saturated rings. The first kappa shape index (κ1) is 17.0. The summed E-state index contributed by atoms with van der Waals surface area (Å²) in [6.45, 7) is 7.61. The normalized spacial score (nSPS) is 22.5. The number of nitrogens with one attached hydrogen (secondary N) is 1. The van der Waals surface area contributed by atoms with Gasteiger partial charge in [-0.3, -0.25) is 0 Å². The molecule has 2 amide bonds. The molecule has 0 saturated carbocycles. The predicted molar refractivity (Wildman–Crippen MR) is 96.2 cm³/mol. The molecule has 6 heteroatoms. The van der Waals surface area contributed by atoms with E-state index >= 15 is 0 Å². The number of carbonyl (C=O) groups excluding carboxylic acids is 1. The van der Waals surface area contributed by atoms with Gasteiger partial charge in [-0.15, -0.1) is 0 Å². The zero-order chi connectivity index (χ0) is 16.9. The molecule has 1 aromatic rings. The van der Waals surface area contributed by atoms with Gasteiger partial charge in [0.05, 0.1) is 0 Å². The smallest absolute Gasteiger partial charge is 0.317 e. The van der Waals surface area contributed by atoms with Crippen molar-refractivity contribution in [1.82, 2.24) is 20.1 Å². The first-order chi connectivity index (χ1) is 11.6. The van der Waals surface area contributed by atoms with E-state index in [9.17, 15) is 4.79 Å². The molecule has 3 heterocycles. The third kappa shape index (κ3) is 3.98. The van der Waals surface area contributed by atoms with Crippen LogP contribution in [0.2, 0.25) is 0 Å². The second kappa shape index (κ2) is 7.83. The number of aromatic nitrogens is 1. The molecule has 1 atom stereocenters. The van der Waals surface area contributed by atoms with Crippen molar-refractivity contribution in [3.05, 3.63) is 23.9 Å². The third-order valence-corrected chi connectivity index (χ3v) is 5.16. The highest BCUT2D eigenvalue weighted by atomic mass is 16.2. The van der Waals surface area contributed by atoms with Crippen molar-refractivity contribution in [2.24, 2.45) is 0 Å². The van der Waals surface area contributed by atoms with Gasteiger partial charge in [0.2, 0.25) is 0 Å². The summed E-state index contributed by atoms with van der Waals surface area (Å²) in [7, 11) is 2.15. The van der Waals surface area contributed by atoms with Crippen LogP contribution in [0.4, 0.5) is 10.6 Å². The summed E-state index contributed by atoms with van der Waals surface area (Å²) in [6, 6.07) is 4.41. The molecule has 0 aliphatic carbocycles. The van der Waals surface area contributed by atoms with E-state index in [1.165, 1.54) is 6.42 Å². The molecule has 0 radical (unpaired) electrons. The van der Waals surface area contributed by atoms with Gasteiger partial charge in [-0.05, 0) is 39.3 Å². The number of pyridine rings is 1. The second-order valence-electron chi connectivity index (χ2n) is 6.97. The molecule has 0 bridgehead atoms. The van der Waals surface area contributed by atoms with Crippen molar-refractivity contribution >= 4 is 11.8 Å². The molecule has 2 aliphatic heterocycles.